The van der Waals surface area contributed by atoms with Gasteiger partial charge in [0.1, 0.15) is 0 Å². The Labute approximate surface area is 355 Å². The van der Waals surface area contributed by atoms with E-state index in [0.717, 1.165) is 50.8 Å². The maximum Gasteiger partial charge on any atom is 0.0464 e. The van der Waals surface area contributed by atoms with E-state index in [1.54, 1.807) is 0 Å². The lowest BCUT2D eigenvalue weighted by Gasteiger charge is -2.27. The summed E-state index contributed by atoms with van der Waals surface area (Å²) in [4.78, 5) is 4.65. The molecule has 2 heteroatoms. The zero-order valence-corrected chi connectivity index (χ0v) is 34.1. The minimum Gasteiger partial charge on any atom is -0.310 e. The van der Waals surface area contributed by atoms with Crippen molar-refractivity contribution < 1.29 is 0 Å². The van der Waals surface area contributed by atoms with Gasteiger partial charge in [-0.3, -0.25) is 0 Å². The number of anilines is 6. The summed E-state index contributed by atoms with van der Waals surface area (Å²) in [6.07, 6.45) is 16.9. The fourth-order valence-corrected chi connectivity index (χ4v) is 7.35. The molecule has 0 heterocycles. The molecule has 0 aliphatic carbocycles. The van der Waals surface area contributed by atoms with Crippen LogP contribution in [0.5, 0.6) is 0 Å². The third-order valence-electron chi connectivity index (χ3n) is 10.5. The summed E-state index contributed by atoms with van der Waals surface area (Å²) in [5.41, 5.74) is 16.2. The van der Waals surface area contributed by atoms with Gasteiger partial charge < -0.3 is 9.80 Å². The molecule has 290 valence electrons. The van der Waals surface area contributed by atoms with Crippen LogP contribution in [0.25, 0.3) is 35.4 Å². The molecule has 8 aromatic carbocycles. The molecule has 0 saturated carbocycles. The topological polar surface area (TPSA) is 6.48 Å². The average Bonchev–Trinajstić information content (AvgIpc) is 3.29. The number of benzene rings is 8. The predicted octanol–water partition coefficient (Wildman–Crippen LogP) is 16.4. The predicted molar refractivity (Wildman–Crippen MR) is 260 cm³/mol. The second-order valence-electron chi connectivity index (χ2n) is 14.8. The van der Waals surface area contributed by atoms with E-state index >= 15 is 0 Å². The molecule has 0 N–H and O–H groups in total. The molecule has 0 bridgehead atoms. The van der Waals surface area contributed by atoms with Crippen molar-refractivity contribution in [1.29, 1.82) is 0 Å². The normalized spacial score (nSPS) is 11.6. The van der Waals surface area contributed by atoms with E-state index in [0.29, 0.717) is 0 Å². The Morgan fingerprint density at radius 2 is 0.683 bits per heavy atom. The van der Waals surface area contributed by atoms with Crippen LogP contribution in [-0.4, -0.2) is 0 Å². The van der Waals surface area contributed by atoms with Gasteiger partial charge in [-0.05, 0) is 131 Å². The first kappa shape index (κ1) is 39.2. The summed E-state index contributed by atoms with van der Waals surface area (Å²) >= 11 is 0. The van der Waals surface area contributed by atoms with Gasteiger partial charge in [0, 0.05) is 34.1 Å². The molecule has 0 aliphatic rings. The minimum atomic E-state index is 1.10. The molecule has 8 rings (SSSR count). The molecule has 0 saturated heterocycles. The number of hydrogen-bond donors (Lipinski definition) is 0. The van der Waals surface area contributed by atoms with Crippen LogP contribution in [0.15, 0.2) is 231 Å². The van der Waals surface area contributed by atoms with Crippen molar-refractivity contribution in [1.82, 2.24) is 0 Å². The Morgan fingerprint density at radius 1 is 0.300 bits per heavy atom. The van der Waals surface area contributed by atoms with Crippen molar-refractivity contribution in [2.75, 3.05) is 9.80 Å². The molecule has 0 radical (unpaired) electrons. The van der Waals surface area contributed by atoms with Gasteiger partial charge in [0.05, 0.1) is 0 Å². The van der Waals surface area contributed by atoms with Crippen molar-refractivity contribution in [2.45, 2.75) is 13.8 Å². The van der Waals surface area contributed by atoms with Gasteiger partial charge in [-0.2, -0.15) is 0 Å². The third kappa shape index (κ3) is 9.88. The summed E-state index contributed by atoms with van der Waals surface area (Å²) in [6.45, 7) is 4.32. The van der Waals surface area contributed by atoms with E-state index in [-0.39, 0.29) is 0 Å². The first-order valence-electron chi connectivity index (χ1n) is 20.5. The number of aryl methyl sites for hydroxylation is 2. The van der Waals surface area contributed by atoms with E-state index in [1.807, 2.05) is 12.1 Å². The van der Waals surface area contributed by atoms with Crippen LogP contribution in [0.1, 0.15) is 33.4 Å². The number of rotatable bonds is 13. The smallest absolute Gasteiger partial charge is 0.0464 e. The lowest BCUT2D eigenvalue weighted by Crippen LogP contribution is -2.10. The molecule has 0 atom stereocenters. The monoisotopic (exact) mass is 772 g/mol. The van der Waals surface area contributed by atoms with Crippen LogP contribution >= 0.6 is 0 Å². The summed E-state index contributed by atoms with van der Waals surface area (Å²) in [5.74, 6) is 0. The highest BCUT2D eigenvalue weighted by Crippen LogP contribution is 2.39. The van der Waals surface area contributed by atoms with Gasteiger partial charge in [0.25, 0.3) is 0 Å². The van der Waals surface area contributed by atoms with Crippen LogP contribution in [0.3, 0.4) is 0 Å². The first-order valence-corrected chi connectivity index (χ1v) is 20.5. The number of nitrogens with zero attached hydrogens (tertiary/aromatic N) is 2. The molecule has 0 spiro atoms. The molecular weight excluding hydrogens is 725 g/mol. The Bertz CT molecular complexity index is 2680. The van der Waals surface area contributed by atoms with Crippen molar-refractivity contribution in [3.8, 4) is 11.1 Å². The lowest BCUT2D eigenvalue weighted by molar-refractivity contribution is 1.26. The number of allylic oxidation sites excluding steroid dienone is 4. The Kier molecular flexibility index (Phi) is 12.5. The Hall–Kier alpha value is -7.68. The summed E-state index contributed by atoms with van der Waals surface area (Å²) in [7, 11) is 0. The van der Waals surface area contributed by atoms with Crippen LogP contribution in [-0.2, 0) is 0 Å². The quantitative estimate of drug-likeness (QED) is 0.108. The van der Waals surface area contributed by atoms with E-state index in [1.165, 1.54) is 27.8 Å². The molecule has 8 aromatic rings. The molecule has 60 heavy (non-hydrogen) atoms. The maximum absolute atomic E-state index is 2.32. The summed E-state index contributed by atoms with van der Waals surface area (Å²) in [5, 5.41) is 0. The largest absolute Gasteiger partial charge is 0.310 e. The zero-order valence-electron chi connectivity index (χ0n) is 34.1. The second kappa shape index (κ2) is 19.2. The van der Waals surface area contributed by atoms with Gasteiger partial charge in [-0.25, -0.2) is 0 Å². The zero-order chi connectivity index (χ0) is 40.9. The van der Waals surface area contributed by atoms with Crippen LogP contribution < -0.4 is 9.80 Å². The van der Waals surface area contributed by atoms with Crippen molar-refractivity contribution in [3.63, 3.8) is 0 Å². The molecule has 0 aromatic heterocycles. The average molecular weight is 773 g/mol. The number of para-hydroxylation sites is 1. The van der Waals surface area contributed by atoms with Crippen LogP contribution in [0.4, 0.5) is 34.1 Å². The highest BCUT2D eigenvalue weighted by Gasteiger charge is 2.15. The molecule has 0 aliphatic heterocycles. The molecule has 0 fully saturated rings. The van der Waals surface area contributed by atoms with Gasteiger partial charge in [0.2, 0.25) is 0 Å². The van der Waals surface area contributed by atoms with Gasteiger partial charge >= 0.3 is 0 Å². The maximum atomic E-state index is 2.32. The fourth-order valence-electron chi connectivity index (χ4n) is 7.35. The highest BCUT2D eigenvalue weighted by atomic mass is 15.1. The molecule has 0 unspecified atom stereocenters. The standard InChI is InChI=1S/C58H48N2/c1-45-17-16-28-57(43-45)60(54-36-29-49(30-37-54)24-13-12-22-47-18-6-3-7-19-47)56-40-34-52(35-41-56)51-32-38-55(39-33-51)59(53-26-10-5-11-27-53)58-42-31-50(46(2)44-58)25-15-14-23-48-20-8-4-9-21-48/h3-44H,1-2H3. The van der Waals surface area contributed by atoms with Gasteiger partial charge in [0.15, 0.2) is 0 Å². The van der Waals surface area contributed by atoms with Crippen LogP contribution in [0, 0.1) is 13.8 Å². The third-order valence-corrected chi connectivity index (χ3v) is 10.5. The van der Waals surface area contributed by atoms with Crippen molar-refractivity contribution in [3.05, 3.63) is 264 Å². The molecule has 0 amide bonds. The first-order chi connectivity index (χ1) is 29.6. The Balaban J connectivity index is 1.02. The van der Waals surface area contributed by atoms with Gasteiger partial charge in [-0.1, -0.05) is 182 Å². The number of hydrogen-bond acceptors (Lipinski definition) is 2. The van der Waals surface area contributed by atoms with E-state index in [4.69, 9.17) is 0 Å². The van der Waals surface area contributed by atoms with Gasteiger partial charge in [-0.15, -0.1) is 0 Å². The minimum absolute atomic E-state index is 1.10. The summed E-state index contributed by atoms with van der Waals surface area (Å²) in [6, 6.07) is 73.3. The summed E-state index contributed by atoms with van der Waals surface area (Å²) < 4.78 is 0. The molecular formula is C58H48N2. The molecule has 2 nitrogen and oxygen atoms in total. The van der Waals surface area contributed by atoms with Crippen molar-refractivity contribution in [2.24, 2.45) is 0 Å². The Morgan fingerprint density at radius 3 is 1.17 bits per heavy atom. The van der Waals surface area contributed by atoms with E-state index in [2.05, 4.69) is 266 Å². The van der Waals surface area contributed by atoms with Crippen LogP contribution in [0.2, 0.25) is 0 Å². The second-order valence-corrected chi connectivity index (χ2v) is 14.8. The van der Waals surface area contributed by atoms with E-state index < -0.39 is 0 Å². The lowest BCUT2D eigenvalue weighted by atomic mass is 10.0. The van der Waals surface area contributed by atoms with Crippen molar-refractivity contribution >= 4 is 58.4 Å². The SMILES string of the molecule is Cc1cccc(N(c2ccc(C=CC=Cc3ccccc3)cc2)c2ccc(-c3ccc(N(c4ccccc4)c4ccc(C=CC=Cc5ccccc5)c(C)c4)cc3)cc2)c1. The highest BCUT2D eigenvalue weighted by molar-refractivity contribution is 5.82. The van der Waals surface area contributed by atoms with E-state index in [9.17, 15) is 0 Å². The fraction of sp³-hybridized carbons (Fsp3) is 0.0345.